The van der Waals surface area contributed by atoms with Gasteiger partial charge < -0.3 is 15.3 Å². The van der Waals surface area contributed by atoms with Crippen molar-refractivity contribution in [2.45, 2.75) is 12.6 Å². The minimum atomic E-state index is -0.966. The number of nitrogens with one attached hydrogen (secondary N) is 1. The Morgan fingerprint density at radius 1 is 1.42 bits per heavy atom. The summed E-state index contributed by atoms with van der Waals surface area (Å²) in [5.41, 5.74) is 0.913. The van der Waals surface area contributed by atoms with Crippen molar-refractivity contribution in [1.82, 2.24) is 10.2 Å². The first-order valence-electron chi connectivity index (χ1n) is 5.67. The van der Waals surface area contributed by atoms with E-state index in [0.717, 1.165) is 5.56 Å². The fraction of sp³-hybridized carbons (Fsp3) is 0.333. The third kappa shape index (κ3) is 3.54. The second kappa shape index (κ2) is 6.16. The molecule has 7 heteroatoms. The molecule has 1 unspecified atom stereocenters. The molecule has 1 aliphatic heterocycles. The summed E-state index contributed by atoms with van der Waals surface area (Å²) in [5, 5.41) is 12.3. The van der Waals surface area contributed by atoms with Crippen LogP contribution in [-0.4, -0.2) is 39.7 Å². The van der Waals surface area contributed by atoms with Gasteiger partial charge in [0.05, 0.1) is 5.88 Å². The predicted octanol–water partition coefficient (Wildman–Crippen LogP) is 2.01. The number of carbonyl (C=O) groups excluding carboxylic acids is 1. The Morgan fingerprint density at radius 2 is 2.11 bits per heavy atom. The smallest absolute Gasteiger partial charge is 0.327 e. The molecule has 2 N–H and O–H groups in total. The highest BCUT2D eigenvalue weighted by Crippen LogP contribution is 2.21. The first-order valence-corrected chi connectivity index (χ1v) is 7.20. The highest BCUT2D eigenvalue weighted by atomic mass is 35.5. The Hall–Kier alpha value is -1.40. The summed E-state index contributed by atoms with van der Waals surface area (Å²) in [4.78, 5) is 24.2. The lowest BCUT2D eigenvalue weighted by Crippen LogP contribution is -2.46. The van der Waals surface area contributed by atoms with Crippen molar-refractivity contribution in [3.05, 3.63) is 34.9 Å². The zero-order valence-electron chi connectivity index (χ0n) is 10.0. The monoisotopic (exact) mass is 300 g/mol. The quantitative estimate of drug-likeness (QED) is 0.896. The molecule has 2 rings (SSSR count). The molecule has 1 heterocycles. The lowest BCUT2D eigenvalue weighted by atomic mass is 10.2. The van der Waals surface area contributed by atoms with E-state index in [1.54, 1.807) is 12.1 Å². The first-order chi connectivity index (χ1) is 9.08. The average molecular weight is 301 g/mol. The van der Waals surface area contributed by atoms with E-state index in [1.807, 2.05) is 12.1 Å². The lowest BCUT2D eigenvalue weighted by Gasteiger charge is -2.20. The summed E-state index contributed by atoms with van der Waals surface area (Å²) in [5.74, 6) is -0.126. The van der Waals surface area contributed by atoms with Gasteiger partial charge >= 0.3 is 12.0 Å². The summed E-state index contributed by atoms with van der Waals surface area (Å²) < 4.78 is 0. The van der Waals surface area contributed by atoms with Crippen molar-refractivity contribution in [3.8, 4) is 0 Å². The van der Waals surface area contributed by atoms with Crippen LogP contribution in [0.3, 0.4) is 0 Å². The van der Waals surface area contributed by atoms with E-state index in [9.17, 15) is 9.59 Å². The fourth-order valence-corrected chi connectivity index (χ4v) is 3.00. The third-order valence-electron chi connectivity index (χ3n) is 2.79. The van der Waals surface area contributed by atoms with Gasteiger partial charge in [-0.3, -0.25) is 0 Å². The molecule has 1 saturated heterocycles. The van der Waals surface area contributed by atoms with Gasteiger partial charge in [-0.05, 0) is 17.7 Å². The zero-order valence-corrected chi connectivity index (χ0v) is 11.6. The van der Waals surface area contributed by atoms with Crippen LogP contribution in [0.5, 0.6) is 0 Å². The number of carboxylic acid groups (broad SMARTS) is 1. The molecule has 1 atom stereocenters. The van der Waals surface area contributed by atoms with E-state index in [4.69, 9.17) is 16.7 Å². The number of nitrogens with zero attached hydrogens (tertiary/aromatic N) is 1. The number of thioether (sulfide) groups is 1. The van der Waals surface area contributed by atoms with Gasteiger partial charge in [0.1, 0.15) is 6.04 Å². The largest absolute Gasteiger partial charge is 0.480 e. The molecular weight excluding hydrogens is 288 g/mol. The first kappa shape index (κ1) is 14.0. The summed E-state index contributed by atoms with van der Waals surface area (Å²) in [6.45, 7) is 0.351. The number of aliphatic carboxylic acids is 1. The molecular formula is C12H13ClN2O3S. The number of rotatable bonds is 3. The van der Waals surface area contributed by atoms with E-state index in [1.165, 1.54) is 16.7 Å². The number of hydrogen-bond donors (Lipinski definition) is 2. The van der Waals surface area contributed by atoms with Crippen LogP contribution in [-0.2, 0) is 11.3 Å². The van der Waals surface area contributed by atoms with Gasteiger partial charge in [-0.15, -0.1) is 11.8 Å². The molecule has 0 bridgehead atoms. The Kier molecular flexibility index (Phi) is 4.55. The fourth-order valence-electron chi connectivity index (χ4n) is 1.73. The van der Waals surface area contributed by atoms with Crippen molar-refractivity contribution in [1.29, 1.82) is 0 Å². The molecule has 19 heavy (non-hydrogen) atoms. The van der Waals surface area contributed by atoms with Crippen LogP contribution in [0.2, 0.25) is 5.02 Å². The van der Waals surface area contributed by atoms with Gasteiger partial charge in [0, 0.05) is 17.3 Å². The average Bonchev–Trinajstić information content (AvgIpc) is 2.87. The van der Waals surface area contributed by atoms with E-state index >= 15 is 0 Å². The minimum absolute atomic E-state index is 0.351. The number of carbonyl (C=O) groups is 2. The molecule has 1 aromatic carbocycles. The lowest BCUT2D eigenvalue weighted by molar-refractivity contribution is -0.140. The highest BCUT2D eigenvalue weighted by Gasteiger charge is 2.34. The van der Waals surface area contributed by atoms with E-state index in [2.05, 4.69) is 5.32 Å². The third-order valence-corrected chi connectivity index (χ3v) is 4.05. The molecule has 0 spiro atoms. The van der Waals surface area contributed by atoms with E-state index in [0.29, 0.717) is 23.2 Å². The molecule has 0 aromatic heterocycles. The van der Waals surface area contributed by atoms with Gasteiger partial charge in [0.2, 0.25) is 0 Å². The van der Waals surface area contributed by atoms with Crippen molar-refractivity contribution >= 4 is 35.4 Å². The summed E-state index contributed by atoms with van der Waals surface area (Å²) in [6, 6.07) is 6.03. The van der Waals surface area contributed by atoms with Crippen molar-refractivity contribution in [2.75, 3.05) is 11.6 Å². The number of amides is 2. The number of hydrogen-bond acceptors (Lipinski definition) is 3. The highest BCUT2D eigenvalue weighted by molar-refractivity contribution is 7.99. The van der Waals surface area contributed by atoms with Crippen LogP contribution < -0.4 is 5.32 Å². The normalized spacial score (nSPS) is 18.4. The maximum absolute atomic E-state index is 11.9. The van der Waals surface area contributed by atoms with Gasteiger partial charge in [0.25, 0.3) is 0 Å². The molecule has 2 amide bonds. The van der Waals surface area contributed by atoms with E-state index in [-0.39, 0.29) is 6.03 Å². The van der Waals surface area contributed by atoms with Gasteiger partial charge in [-0.25, -0.2) is 9.59 Å². The van der Waals surface area contributed by atoms with Crippen LogP contribution in [0.1, 0.15) is 5.56 Å². The number of urea groups is 1. The van der Waals surface area contributed by atoms with Crippen LogP contribution in [0.25, 0.3) is 0 Å². The number of benzene rings is 1. The number of carboxylic acids is 1. The van der Waals surface area contributed by atoms with Crippen LogP contribution in [0, 0.1) is 0 Å². The molecule has 1 aromatic rings. The number of halogens is 1. The SMILES string of the molecule is O=C(O)C1CSCN1C(=O)NCc1ccc(Cl)cc1. The topological polar surface area (TPSA) is 69.6 Å². The molecule has 0 saturated carbocycles. The van der Waals surface area contributed by atoms with Gasteiger partial charge in [0.15, 0.2) is 0 Å². The maximum Gasteiger partial charge on any atom is 0.327 e. The Labute approximate surface area is 119 Å². The van der Waals surface area contributed by atoms with Gasteiger partial charge in [-0.1, -0.05) is 23.7 Å². The standard InChI is InChI=1S/C12H13ClN2O3S/c13-9-3-1-8(2-4-9)5-14-12(18)15-7-19-6-10(15)11(16)17/h1-4,10H,5-7H2,(H,14,18)(H,16,17). The van der Waals surface area contributed by atoms with Crippen molar-refractivity contribution < 1.29 is 14.7 Å². The Bertz CT molecular complexity index is 480. The predicted molar refractivity (Wildman–Crippen MR) is 74.3 cm³/mol. The Balaban J connectivity index is 1.90. The summed E-state index contributed by atoms with van der Waals surface area (Å²) in [7, 11) is 0. The molecule has 1 fully saturated rings. The molecule has 0 radical (unpaired) electrons. The minimum Gasteiger partial charge on any atom is -0.480 e. The van der Waals surface area contributed by atoms with E-state index < -0.39 is 12.0 Å². The van der Waals surface area contributed by atoms with Crippen LogP contribution >= 0.6 is 23.4 Å². The second-order valence-electron chi connectivity index (χ2n) is 4.11. The van der Waals surface area contributed by atoms with Crippen LogP contribution in [0.15, 0.2) is 24.3 Å². The molecule has 1 aliphatic rings. The molecule has 5 nitrogen and oxygen atoms in total. The summed E-state index contributed by atoms with van der Waals surface area (Å²) in [6.07, 6.45) is 0. The van der Waals surface area contributed by atoms with Gasteiger partial charge in [-0.2, -0.15) is 0 Å². The summed E-state index contributed by atoms with van der Waals surface area (Å²) >= 11 is 7.21. The van der Waals surface area contributed by atoms with Crippen molar-refractivity contribution in [2.24, 2.45) is 0 Å². The zero-order chi connectivity index (χ0) is 13.8. The second-order valence-corrected chi connectivity index (χ2v) is 5.55. The Morgan fingerprint density at radius 3 is 2.74 bits per heavy atom. The molecule has 102 valence electrons. The van der Waals surface area contributed by atoms with Crippen molar-refractivity contribution in [3.63, 3.8) is 0 Å². The molecule has 0 aliphatic carbocycles. The maximum atomic E-state index is 11.9. The van der Waals surface area contributed by atoms with Crippen LogP contribution in [0.4, 0.5) is 4.79 Å².